The minimum atomic E-state index is -0.242. The Balaban J connectivity index is 1.56. The Hall–Kier alpha value is -1.56. The molecule has 2 aliphatic rings. The second-order valence-corrected chi connectivity index (χ2v) is 7.02. The smallest absolute Gasteiger partial charge is 0.0890 e. The van der Waals surface area contributed by atoms with Crippen molar-refractivity contribution >= 4 is 11.0 Å². The van der Waals surface area contributed by atoms with Crippen molar-refractivity contribution in [3.8, 4) is 0 Å². The van der Waals surface area contributed by atoms with Crippen LogP contribution in [0.15, 0.2) is 24.3 Å². The topological polar surface area (TPSA) is 58.5 Å². The summed E-state index contributed by atoms with van der Waals surface area (Å²) in [4.78, 5) is 12.0. The summed E-state index contributed by atoms with van der Waals surface area (Å²) in [6.07, 6.45) is 2.82. The molecule has 0 aliphatic carbocycles. The molecule has 5 nitrogen and oxygen atoms in total. The molecule has 128 valence electrons. The van der Waals surface area contributed by atoms with E-state index in [1.54, 1.807) is 0 Å². The van der Waals surface area contributed by atoms with Crippen molar-refractivity contribution in [1.29, 1.82) is 0 Å². The lowest BCUT2D eigenvalue weighted by atomic mass is 9.89. The summed E-state index contributed by atoms with van der Waals surface area (Å²) >= 11 is 0. The Morgan fingerprint density at radius 2 is 2.00 bits per heavy atom. The van der Waals surface area contributed by atoms with Crippen LogP contribution in [0.2, 0.25) is 0 Å². The van der Waals surface area contributed by atoms with E-state index in [0.29, 0.717) is 19.3 Å². The van der Waals surface area contributed by atoms with Crippen molar-refractivity contribution in [3.05, 3.63) is 35.7 Å². The maximum absolute atomic E-state index is 10.4. The molecule has 3 heterocycles. The van der Waals surface area contributed by atoms with Crippen LogP contribution >= 0.6 is 0 Å². The molecule has 0 bridgehead atoms. The van der Waals surface area contributed by atoms with Gasteiger partial charge in [0.25, 0.3) is 0 Å². The summed E-state index contributed by atoms with van der Waals surface area (Å²) in [6, 6.07) is 8.41. The number of benzene rings is 1. The van der Waals surface area contributed by atoms with Gasteiger partial charge in [-0.2, -0.15) is 0 Å². The van der Waals surface area contributed by atoms with Crippen LogP contribution in [-0.4, -0.2) is 51.9 Å². The minimum Gasteiger partial charge on any atom is -0.393 e. The fourth-order valence-electron chi connectivity index (χ4n) is 4.12. The monoisotopic (exact) mass is 327 g/mol. The van der Waals surface area contributed by atoms with Gasteiger partial charge in [-0.25, -0.2) is 9.97 Å². The van der Waals surface area contributed by atoms with Crippen molar-refractivity contribution in [2.24, 2.45) is 5.92 Å². The number of hydrogen-bond acceptors (Lipinski definition) is 5. The van der Waals surface area contributed by atoms with Gasteiger partial charge in [-0.15, -0.1) is 0 Å². The third-order valence-electron chi connectivity index (χ3n) is 5.47. The maximum Gasteiger partial charge on any atom is 0.0890 e. The number of aryl methyl sites for hydroxylation is 1. The molecule has 1 N–H and O–H groups in total. The Labute approximate surface area is 142 Å². The molecule has 4 rings (SSSR count). The van der Waals surface area contributed by atoms with E-state index >= 15 is 0 Å². The van der Waals surface area contributed by atoms with Gasteiger partial charge in [0, 0.05) is 25.1 Å². The fourth-order valence-corrected chi connectivity index (χ4v) is 4.12. The number of likely N-dealkylation sites (tertiary alicyclic amines) is 1. The molecule has 2 saturated heterocycles. The minimum absolute atomic E-state index is 0.218. The number of rotatable bonds is 3. The Kier molecular flexibility index (Phi) is 4.48. The lowest BCUT2D eigenvalue weighted by Crippen LogP contribution is -2.46. The molecule has 1 aromatic heterocycles. The van der Waals surface area contributed by atoms with Gasteiger partial charge in [0.2, 0.25) is 0 Å². The largest absolute Gasteiger partial charge is 0.393 e. The van der Waals surface area contributed by atoms with E-state index in [9.17, 15) is 5.11 Å². The highest BCUT2D eigenvalue weighted by Gasteiger charge is 2.37. The quantitative estimate of drug-likeness (QED) is 0.937. The van der Waals surface area contributed by atoms with Crippen LogP contribution in [0.3, 0.4) is 0 Å². The van der Waals surface area contributed by atoms with E-state index in [0.717, 1.165) is 48.4 Å². The van der Waals surface area contributed by atoms with Gasteiger partial charge in [0.05, 0.1) is 35.1 Å². The number of fused-ring (bicyclic) bond motifs is 1. The van der Waals surface area contributed by atoms with Crippen molar-refractivity contribution in [2.45, 2.75) is 44.9 Å². The zero-order chi connectivity index (χ0) is 16.5. The standard InChI is InChI=1S/C19H25N3O2/c1-13-17(21-16-6-3-2-5-15(16)20-13)11-22-9-4-7-18(22)14-12-24-10-8-19(14)23/h2-3,5-6,14,18-19,23H,4,7-12H2,1H3/t14-,18-,19-/m1/s1. The first-order valence-corrected chi connectivity index (χ1v) is 8.94. The highest BCUT2D eigenvalue weighted by Crippen LogP contribution is 2.31. The van der Waals surface area contributed by atoms with Crippen molar-refractivity contribution < 1.29 is 9.84 Å². The van der Waals surface area contributed by atoms with Gasteiger partial charge in [0.15, 0.2) is 0 Å². The normalized spacial score (nSPS) is 28.5. The Bertz CT molecular complexity index is 721. The van der Waals surface area contributed by atoms with Crippen LogP contribution < -0.4 is 0 Å². The van der Waals surface area contributed by atoms with Crippen molar-refractivity contribution in [3.63, 3.8) is 0 Å². The van der Waals surface area contributed by atoms with E-state index in [-0.39, 0.29) is 12.0 Å². The highest BCUT2D eigenvalue weighted by molar-refractivity contribution is 5.74. The molecule has 5 heteroatoms. The average molecular weight is 327 g/mol. The summed E-state index contributed by atoms with van der Waals surface area (Å²) in [5.74, 6) is 0.218. The zero-order valence-electron chi connectivity index (χ0n) is 14.2. The Morgan fingerprint density at radius 3 is 2.79 bits per heavy atom. The molecule has 1 aromatic carbocycles. The number of ether oxygens (including phenoxy) is 1. The van der Waals surface area contributed by atoms with Crippen LogP contribution in [0.25, 0.3) is 11.0 Å². The lowest BCUT2D eigenvalue weighted by molar-refractivity contribution is -0.0637. The molecule has 2 aromatic rings. The molecule has 0 amide bonds. The molecule has 0 radical (unpaired) electrons. The van der Waals surface area contributed by atoms with E-state index < -0.39 is 0 Å². The second kappa shape index (κ2) is 6.75. The zero-order valence-corrected chi connectivity index (χ0v) is 14.2. The van der Waals surface area contributed by atoms with Gasteiger partial charge in [0.1, 0.15) is 0 Å². The SMILES string of the molecule is Cc1nc2ccccc2nc1CN1CCC[C@@H]1[C@H]1COCC[C@H]1O. The van der Waals surface area contributed by atoms with Crippen LogP contribution in [0, 0.1) is 12.8 Å². The van der Waals surface area contributed by atoms with Crippen LogP contribution in [-0.2, 0) is 11.3 Å². The molecule has 3 atom stereocenters. The van der Waals surface area contributed by atoms with Gasteiger partial charge in [-0.05, 0) is 44.9 Å². The third-order valence-corrected chi connectivity index (χ3v) is 5.47. The molecule has 0 spiro atoms. The second-order valence-electron chi connectivity index (χ2n) is 7.02. The fraction of sp³-hybridized carbons (Fsp3) is 0.579. The number of hydrogen-bond donors (Lipinski definition) is 1. The van der Waals surface area contributed by atoms with Crippen molar-refractivity contribution in [2.75, 3.05) is 19.8 Å². The molecular formula is C19H25N3O2. The summed E-state index contributed by atoms with van der Waals surface area (Å²) in [7, 11) is 0. The predicted molar refractivity (Wildman–Crippen MR) is 92.6 cm³/mol. The van der Waals surface area contributed by atoms with Crippen LogP contribution in [0.5, 0.6) is 0 Å². The van der Waals surface area contributed by atoms with E-state index in [1.165, 1.54) is 6.42 Å². The van der Waals surface area contributed by atoms with Crippen LogP contribution in [0.1, 0.15) is 30.7 Å². The van der Waals surface area contributed by atoms with E-state index in [1.807, 2.05) is 31.2 Å². The first-order valence-electron chi connectivity index (χ1n) is 8.94. The predicted octanol–water partition coefficient (Wildman–Crippen LogP) is 2.30. The first kappa shape index (κ1) is 15.9. The molecule has 0 saturated carbocycles. The number of aromatic nitrogens is 2. The summed E-state index contributed by atoms with van der Waals surface area (Å²) < 4.78 is 5.63. The molecule has 2 fully saturated rings. The van der Waals surface area contributed by atoms with E-state index in [2.05, 4.69) is 4.90 Å². The van der Waals surface area contributed by atoms with Crippen LogP contribution in [0.4, 0.5) is 0 Å². The summed E-state index contributed by atoms with van der Waals surface area (Å²) in [5.41, 5.74) is 3.95. The number of aliphatic hydroxyl groups excluding tert-OH is 1. The molecular weight excluding hydrogens is 302 g/mol. The van der Waals surface area contributed by atoms with Gasteiger partial charge < -0.3 is 9.84 Å². The Morgan fingerprint density at radius 1 is 1.21 bits per heavy atom. The third kappa shape index (κ3) is 3.04. The summed E-state index contributed by atoms with van der Waals surface area (Å²) in [6.45, 7) is 5.25. The van der Waals surface area contributed by atoms with Gasteiger partial charge in [-0.3, -0.25) is 4.90 Å². The van der Waals surface area contributed by atoms with E-state index in [4.69, 9.17) is 14.7 Å². The van der Waals surface area contributed by atoms with Gasteiger partial charge >= 0.3 is 0 Å². The number of para-hydroxylation sites is 2. The highest BCUT2D eigenvalue weighted by atomic mass is 16.5. The number of nitrogens with zero attached hydrogens (tertiary/aromatic N) is 3. The molecule has 0 unspecified atom stereocenters. The average Bonchev–Trinajstić information content (AvgIpc) is 3.04. The summed E-state index contributed by atoms with van der Waals surface area (Å²) in [5, 5.41) is 10.4. The molecule has 2 aliphatic heterocycles. The molecule has 24 heavy (non-hydrogen) atoms. The first-order chi connectivity index (χ1) is 11.7. The lowest BCUT2D eigenvalue weighted by Gasteiger charge is -2.37. The van der Waals surface area contributed by atoms with Gasteiger partial charge in [-0.1, -0.05) is 12.1 Å². The number of aliphatic hydroxyl groups is 1. The maximum atomic E-state index is 10.4. The van der Waals surface area contributed by atoms with Crippen molar-refractivity contribution in [1.82, 2.24) is 14.9 Å².